The average Bonchev–Trinajstić information content (AvgIpc) is 2.81. The van der Waals surface area contributed by atoms with Crippen LogP contribution < -0.4 is 5.32 Å². The first-order chi connectivity index (χ1) is 13.1. The van der Waals surface area contributed by atoms with Crippen LogP contribution in [-0.2, 0) is 0 Å². The number of carboxylic acid groups (broad SMARTS) is 1. The second-order valence-electron chi connectivity index (χ2n) is 7.45. The molecule has 0 spiro atoms. The normalized spacial score (nSPS) is 18.3. The van der Waals surface area contributed by atoms with Gasteiger partial charge < -0.3 is 10.4 Å². The first-order valence-corrected chi connectivity index (χ1v) is 9.34. The van der Waals surface area contributed by atoms with Crippen molar-refractivity contribution < 1.29 is 9.90 Å². The van der Waals surface area contributed by atoms with Gasteiger partial charge in [-0.05, 0) is 52.5 Å². The summed E-state index contributed by atoms with van der Waals surface area (Å²) in [7, 11) is 0. The molecule has 2 aromatic rings. The molecule has 4 rings (SSSR count). The summed E-state index contributed by atoms with van der Waals surface area (Å²) in [6, 6.07) is 14.0. The first-order valence-electron chi connectivity index (χ1n) is 9.34. The monoisotopic (exact) mass is 357 g/mol. The molecule has 2 N–H and O–H groups in total. The molecule has 0 amide bonds. The molecule has 2 atom stereocenters. The van der Waals surface area contributed by atoms with Gasteiger partial charge in [0.25, 0.3) is 0 Å². The molecule has 0 bridgehead atoms. The molecule has 0 fully saturated rings. The summed E-state index contributed by atoms with van der Waals surface area (Å²) in [6.45, 7) is 4.46. The molecule has 1 aliphatic carbocycles. The molecular formula is C24H23NO2. The summed E-state index contributed by atoms with van der Waals surface area (Å²) in [4.78, 5) is 11.6. The lowest BCUT2D eigenvalue weighted by Crippen LogP contribution is -2.26. The van der Waals surface area contributed by atoms with Crippen molar-refractivity contribution in [2.24, 2.45) is 11.8 Å². The van der Waals surface area contributed by atoms with E-state index in [0.717, 1.165) is 16.8 Å². The minimum absolute atomic E-state index is 0.120. The number of benzene rings is 2. The Morgan fingerprint density at radius 2 is 1.78 bits per heavy atom. The van der Waals surface area contributed by atoms with Crippen LogP contribution in [0, 0.1) is 11.8 Å². The highest BCUT2D eigenvalue weighted by atomic mass is 16.4. The summed E-state index contributed by atoms with van der Waals surface area (Å²) < 4.78 is 0. The maximum atomic E-state index is 11.6. The molecular weight excluding hydrogens is 334 g/mol. The molecule has 1 aliphatic heterocycles. The standard InChI is InChI=1S/C24H23NO2/c1-15(2)22(21-10-4-3-7-13-25-21)23-19-9-6-5-8-17(19)18-12-11-16(24(26)27)14-20(18)23/h3-15,22-23,25H,1-2H3,(H,26,27). The fraction of sp³-hybridized carbons (Fsp3) is 0.208. The van der Waals surface area contributed by atoms with E-state index in [1.165, 1.54) is 11.1 Å². The number of carboxylic acids is 1. The Kier molecular flexibility index (Phi) is 4.44. The van der Waals surface area contributed by atoms with E-state index >= 15 is 0 Å². The highest BCUT2D eigenvalue weighted by Crippen LogP contribution is 2.51. The zero-order chi connectivity index (χ0) is 19.0. The van der Waals surface area contributed by atoms with E-state index in [-0.39, 0.29) is 11.8 Å². The van der Waals surface area contributed by atoms with Crippen molar-refractivity contribution in [1.29, 1.82) is 0 Å². The maximum Gasteiger partial charge on any atom is 0.335 e. The van der Waals surface area contributed by atoms with Gasteiger partial charge in [0.1, 0.15) is 0 Å². The second-order valence-corrected chi connectivity index (χ2v) is 7.45. The van der Waals surface area contributed by atoms with E-state index < -0.39 is 5.97 Å². The van der Waals surface area contributed by atoms with Gasteiger partial charge in [0, 0.05) is 23.7 Å². The van der Waals surface area contributed by atoms with Gasteiger partial charge in [0.05, 0.1) is 5.56 Å². The molecule has 2 aromatic carbocycles. The summed E-state index contributed by atoms with van der Waals surface area (Å²) in [5.41, 5.74) is 6.23. The van der Waals surface area contributed by atoms with Crippen molar-refractivity contribution in [2.75, 3.05) is 0 Å². The van der Waals surface area contributed by atoms with E-state index in [1.807, 2.05) is 30.5 Å². The zero-order valence-corrected chi connectivity index (χ0v) is 15.5. The maximum absolute atomic E-state index is 11.6. The van der Waals surface area contributed by atoms with Crippen molar-refractivity contribution in [2.45, 2.75) is 19.8 Å². The fourth-order valence-electron chi connectivity index (χ4n) is 4.37. The highest BCUT2D eigenvalue weighted by Gasteiger charge is 2.37. The third-order valence-electron chi connectivity index (χ3n) is 5.50. The number of fused-ring (bicyclic) bond motifs is 3. The van der Waals surface area contributed by atoms with Crippen molar-refractivity contribution in [1.82, 2.24) is 5.32 Å². The summed E-state index contributed by atoms with van der Waals surface area (Å²) in [5, 5.41) is 13.0. The van der Waals surface area contributed by atoms with Crippen molar-refractivity contribution in [3.63, 3.8) is 0 Å². The lowest BCUT2D eigenvalue weighted by atomic mass is 9.75. The smallest absolute Gasteiger partial charge is 0.335 e. The molecule has 3 heteroatoms. The van der Waals surface area contributed by atoms with Gasteiger partial charge in [0.15, 0.2) is 0 Å². The molecule has 3 nitrogen and oxygen atoms in total. The Morgan fingerprint density at radius 3 is 2.56 bits per heavy atom. The highest BCUT2D eigenvalue weighted by molar-refractivity contribution is 5.90. The third kappa shape index (κ3) is 2.99. The lowest BCUT2D eigenvalue weighted by molar-refractivity contribution is 0.0696. The topological polar surface area (TPSA) is 49.3 Å². The molecule has 1 heterocycles. The van der Waals surface area contributed by atoms with Crippen LogP contribution in [-0.4, -0.2) is 11.1 Å². The van der Waals surface area contributed by atoms with Crippen LogP contribution in [0.15, 0.2) is 78.7 Å². The first kappa shape index (κ1) is 17.3. The quantitative estimate of drug-likeness (QED) is 0.778. The number of hydrogen-bond acceptors (Lipinski definition) is 2. The molecule has 0 radical (unpaired) electrons. The summed E-state index contributed by atoms with van der Waals surface area (Å²) >= 11 is 0. The predicted molar refractivity (Wildman–Crippen MR) is 109 cm³/mol. The molecule has 0 aromatic heterocycles. The van der Waals surface area contributed by atoms with Gasteiger partial charge in [-0.1, -0.05) is 56.3 Å². The average molecular weight is 357 g/mol. The van der Waals surface area contributed by atoms with E-state index in [4.69, 9.17) is 0 Å². The van der Waals surface area contributed by atoms with Crippen LogP contribution >= 0.6 is 0 Å². The van der Waals surface area contributed by atoms with Crippen LogP contribution in [0.4, 0.5) is 0 Å². The van der Waals surface area contributed by atoms with Gasteiger partial charge in [-0.15, -0.1) is 0 Å². The Bertz CT molecular complexity index is 982. The Hall–Kier alpha value is -3.07. The number of aromatic carboxylic acids is 1. The Morgan fingerprint density at radius 1 is 1.00 bits per heavy atom. The Balaban J connectivity index is 1.91. The van der Waals surface area contributed by atoms with Crippen molar-refractivity contribution in [3.05, 3.63) is 95.4 Å². The molecule has 0 saturated heterocycles. The lowest BCUT2D eigenvalue weighted by Gasteiger charge is -2.31. The van der Waals surface area contributed by atoms with Gasteiger partial charge in [-0.3, -0.25) is 0 Å². The second kappa shape index (κ2) is 6.92. The Labute approximate surface area is 159 Å². The fourth-order valence-corrected chi connectivity index (χ4v) is 4.37. The minimum Gasteiger partial charge on any atom is -0.478 e. The molecule has 136 valence electrons. The van der Waals surface area contributed by atoms with Gasteiger partial charge >= 0.3 is 5.97 Å². The van der Waals surface area contributed by atoms with Gasteiger partial charge in [0.2, 0.25) is 0 Å². The van der Waals surface area contributed by atoms with Crippen LogP contribution in [0.5, 0.6) is 0 Å². The van der Waals surface area contributed by atoms with E-state index in [0.29, 0.717) is 11.5 Å². The molecule has 2 unspecified atom stereocenters. The number of hydrogen-bond donors (Lipinski definition) is 2. The van der Waals surface area contributed by atoms with Crippen LogP contribution in [0.1, 0.15) is 41.3 Å². The van der Waals surface area contributed by atoms with Gasteiger partial charge in [-0.2, -0.15) is 0 Å². The van der Waals surface area contributed by atoms with E-state index in [1.54, 1.807) is 6.07 Å². The molecule has 2 aliphatic rings. The zero-order valence-electron chi connectivity index (χ0n) is 15.5. The molecule has 0 saturated carbocycles. The summed E-state index contributed by atoms with van der Waals surface area (Å²) in [6.07, 6.45) is 10.1. The van der Waals surface area contributed by atoms with Crippen LogP contribution in [0.25, 0.3) is 11.1 Å². The van der Waals surface area contributed by atoms with Gasteiger partial charge in [-0.25, -0.2) is 4.79 Å². The van der Waals surface area contributed by atoms with E-state index in [2.05, 4.69) is 55.6 Å². The number of carbonyl (C=O) groups is 1. The number of nitrogens with one attached hydrogen (secondary N) is 1. The molecule has 27 heavy (non-hydrogen) atoms. The number of allylic oxidation sites excluding steroid dienone is 5. The van der Waals surface area contributed by atoms with Crippen LogP contribution in [0.3, 0.4) is 0 Å². The SMILES string of the molecule is CC(C)C(C1=CC=CC=CN1)C1c2ccccc2-c2ccc(C(=O)O)cc21. The van der Waals surface area contributed by atoms with Crippen molar-refractivity contribution in [3.8, 4) is 11.1 Å². The van der Waals surface area contributed by atoms with Crippen LogP contribution in [0.2, 0.25) is 0 Å². The largest absolute Gasteiger partial charge is 0.478 e. The summed E-state index contributed by atoms with van der Waals surface area (Å²) in [5.74, 6) is -0.176. The number of rotatable bonds is 4. The van der Waals surface area contributed by atoms with E-state index in [9.17, 15) is 9.90 Å². The van der Waals surface area contributed by atoms with Crippen molar-refractivity contribution >= 4 is 5.97 Å². The predicted octanol–water partition coefficient (Wildman–Crippen LogP) is 5.33. The third-order valence-corrected chi connectivity index (χ3v) is 5.50. The minimum atomic E-state index is -0.883.